The highest BCUT2D eigenvalue weighted by molar-refractivity contribution is 6.30. The lowest BCUT2D eigenvalue weighted by atomic mass is 9.83. The normalized spacial score (nSPS) is 33.2. The molecule has 1 heterocycles. The van der Waals surface area contributed by atoms with Crippen LogP contribution < -0.4 is 10.5 Å². The first-order chi connectivity index (χ1) is 8.39. The summed E-state index contributed by atoms with van der Waals surface area (Å²) >= 11 is 6.03. The van der Waals surface area contributed by atoms with E-state index in [-0.39, 0.29) is 11.6 Å². The van der Waals surface area contributed by atoms with E-state index in [2.05, 4.69) is 13.8 Å². The molecule has 98 valence electrons. The van der Waals surface area contributed by atoms with E-state index in [4.69, 9.17) is 22.1 Å². The number of hydrogen-bond acceptors (Lipinski definition) is 2. The van der Waals surface area contributed by atoms with Crippen molar-refractivity contribution < 1.29 is 4.74 Å². The molecule has 1 aromatic rings. The van der Waals surface area contributed by atoms with Crippen LogP contribution in [0, 0.1) is 5.41 Å². The first kappa shape index (κ1) is 12.3. The molecule has 0 saturated heterocycles. The van der Waals surface area contributed by atoms with Gasteiger partial charge in [-0.1, -0.05) is 25.4 Å². The first-order valence-electron chi connectivity index (χ1n) is 6.63. The fourth-order valence-corrected chi connectivity index (χ4v) is 3.74. The first-order valence-corrected chi connectivity index (χ1v) is 7.01. The van der Waals surface area contributed by atoms with Crippen LogP contribution in [0.5, 0.6) is 5.75 Å². The van der Waals surface area contributed by atoms with Crippen molar-refractivity contribution in [2.24, 2.45) is 11.1 Å². The minimum absolute atomic E-state index is 0.0429. The average Bonchev–Trinajstić information content (AvgIpc) is 2.56. The fourth-order valence-electron chi connectivity index (χ4n) is 3.56. The monoisotopic (exact) mass is 265 g/mol. The van der Waals surface area contributed by atoms with E-state index in [1.54, 1.807) is 0 Å². The Hall–Kier alpha value is -0.730. The summed E-state index contributed by atoms with van der Waals surface area (Å²) in [4.78, 5) is 0. The molecule has 0 amide bonds. The zero-order valence-electron chi connectivity index (χ0n) is 11.0. The second-order valence-corrected chi connectivity index (χ2v) is 7.06. The van der Waals surface area contributed by atoms with Crippen LogP contribution in [0.15, 0.2) is 18.2 Å². The summed E-state index contributed by atoms with van der Waals surface area (Å²) in [5.74, 6) is 0.927. The third-order valence-corrected chi connectivity index (χ3v) is 4.58. The van der Waals surface area contributed by atoms with Crippen LogP contribution in [-0.4, -0.2) is 5.60 Å². The Kier molecular flexibility index (Phi) is 2.65. The maximum absolute atomic E-state index is 6.32. The minimum Gasteiger partial charge on any atom is -0.487 e. The molecule has 1 aliphatic heterocycles. The van der Waals surface area contributed by atoms with Crippen molar-refractivity contribution >= 4 is 11.6 Å². The molecule has 2 nitrogen and oxygen atoms in total. The van der Waals surface area contributed by atoms with Crippen LogP contribution in [0.4, 0.5) is 0 Å². The minimum atomic E-state index is -0.0518. The van der Waals surface area contributed by atoms with Gasteiger partial charge in [-0.2, -0.15) is 0 Å². The summed E-state index contributed by atoms with van der Waals surface area (Å²) in [6.07, 6.45) is 4.32. The Morgan fingerprint density at radius 1 is 1.33 bits per heavy atom. The second-order valence-electron chi connectivity index (χ2n) is 6.62. The smallest absolute Gasteiger partial charge is 0.125 e. The van der Waals surface area contributed by atoms with Gasteiger partial charge in [0, 0.05) is 23.0 Å². The Balaban J connectivity index is 1.95. The van der Waals surface area contributed by atoms with Gasteiger partial charge in [-0.05, 0) is 42.9 Å². The molecule has 2 aliphatic rings. The van der Waals surface area contributed by atoms with Gasteiger partial charge in [0.1, 0.15) is 11.4 Å². The van der Waals surface area contributed by atoms with Crippen LogP contribution in [0.2, 0.25) is 5.02 Å². The Bertz CT molecular complexity index is 485. The number of nitrogens with two attached hydrogens (primary N) is 1. The van der Waals surface area contributed by atoms with Gasteiger partial charge in [-0.15, -0.1) is 0 Å². The van der Waals surface area contributed by atoms with E-state index in [1.807, 2.05) is 18.2 Å². The Morgan fingerprint density at radius 2 is 2.11 bits per heavy atom. The largest absolute Gasteiger partial charge is 0.487 e. The van der Waals surface area contributed by atoms with Crippen LogP contribution in [0.25, 0.3) is 0 Å². The number of halogens is 1. The highest BCUT2D eigenvalue weighted by Crippen LogP contribution is 2.52. The number of benzene rings is 1. The molecule has 1 fully saturated rings. The van der Waals surface area contributed by atoms with Gasteiger partial charge in [0.2, 0.25) is 0 Å². The summed E-state index contributed by atoms with van der Waals surface area (Å²) < 4.78 is 6.30. The molecule has 3 rings (SSSR count). The van der Waals surface area contributed by atoms with E-state index in [1.165, 1.54) is 6.42 Å². The molecule has 1 aromatic carbocycles. The predicted octanol–water partition coefficient (Wildman–Crippen LogP) is 4.07. The molecule has 2 atom stereocenters. The number of hydrogen-bond donors (Lipinski definition) is 1. The van der Waals surface area contributed by atoms with E-state index in [0.29, 0.717) is 5.41 Å². The van der Waals surface area contributed by atoms with Crippen molar-refractivity contribution in [3.05, 3.63) is 28.8 Å². The molecule has 3 heteroatoms. The van der Waals surface area contributed by atoms with Gasteiger partial charge < -0.3 is 10.5 Å². The Labute approximate surface area is 113 Å². The standard InChI is InChI=1S/C15H20ClNO/c1-14(2)5-6-15(9-14)8-12(17)11-7-10(16)3-4-13(11)18-15/h3-4,7,12H,5-6,8-9,17H2,1-2H3/t12-,15?/m1/s1. The molecule has 1 saturated carbocycles. The maximum Gasteiger partial charge on any atom is 0.125 e. The van der Waals surface area contributed by atoms with Crippen molar-refractivity contribution in [2.45, 2.75) is 51.2 Å². The third-order valence-electron chi connectivity index (χ3n) is 4.35. The lowest BCUT2D eigenvalue weighted by Gasteiger charge is -2.39. The van der Waals surface area contributed by atoms with Gasteiger partial charge in [-0.25, -0.2) is 0 Å². The van der Waals surface area contributed by atoms with E-state index in [9.17, 15) is 0 Å². The molecule has 0 radical (unpaired) electrons. The van der Waals surface area contributed by atoms with E-state index >= 15 is 0 Å². The summed E-state index contributed by atoms with van der Waals surface area (Å²) in [7, 11) is 0. The van der Waals surface area contributed by atoms with Crippen molar-refractivity contribution in [1.82, 2.24) is 0 Å². The van der Waals surface area contributed by atoms with Crippen LogP contribution in [0.3, 0.4) is 0 Å². The second kappa shape index (κ2) is 3.88. The molecular weight excluding hydrogens is 246 g/mol. The van der Waals surface area contributed by atoms with Crippen molar-refractivity contribution in [3.8, 4) is 5.75 Å². The highest BCUT2D eigenvalue weighted by atomic mass is 35.5. The lowest BCUT2D eigenvalue weighted by molar-refractivity contribution is 0.0331. The number of rotatable bonds is 0. The third kappa shape index (κ3) is 2.02. The Morgan fingerprint density at radius 3 is 2.78 bits per heavy atom. The van der Waals surface area contributed by atoms with Gasteiger partial charge in [-0.3, -0.25) is 0 Å². The average molecular weight is 266 g/mol. The van der Waals surface area contributed by atoms with Gasteiger partial charge in [0.15, 0.2) is 0 Å². The van der Waals surface area contributed by atoms with Crippen LogP contribution in [-0.2, 0) is 0 Å². The van der Waals surface area contributed by atoms with Gasteiger partial charge in [0.05, 0.1) is 0 Å². The lowest BCUT2D eigenvalue weighted by Crippen LogP contribution is -2.41. The van der Waals surface area contributed by atoms with E-state index < -0.39 is 0 Å². The molecule has 1 spiro atoms. The van der Waals surface area contributed by atoms with Gasteiger partial charge in [0.25, 0.3) is 0 Å². The number of fused-ring (bicyclic) bond motifs is 1. The van der Waals surface area contributed by atoms with Crippen molar-refractivity contribution in [3.63, 3.8) is 0 Å². The van der Waals surface area contributed by atoms with Crippen LogP contribution >= 0.6 is 11.6 Å². The zero-order valence-corrected chi connectivity index (χ0v) is 11.8. The van der Waals surface area contributed by atoms with E-state index in [0.717, 1.165) is 35.6 Å². The number of ether oxygens (including phenoxy) is 1. The van der Waals surface area contributed by atoms with Crippen molar-refractivity contribution in [1.29, 1.82) is 0 Å². The quantitative estimate of drug-likeness (QED) is 0.767. The zero-order chi connectivity index (χ0) is 13.0. The summed E-state index contributed by atoms with van der Waals surface area (Å²) in [6.45, 7) is 4.63. The molecule has 1 unspecified atom stereocenters. The fraction of sp³-hybridized carbons (Fsp3) is 0.600. The topological polar surface area (TPSA) is 35.2 Å². The molecule has 1 aliphatic carbocycles. The molecule has 0 aromatic heterocycles. The summed E-state index contributed by atoms with van der Waals surface area (Å²) in [6, 6.07) is 5.83. The molecule has 2 N–H and O–H groups in total. The predicted molar refractivity (Wildman–Crippen MR) is 74.0 cm³/mol. The van der Waals surface area contributed by atoms with Crippen LogP contribution in [0.1, 0.15) is 51.1 Å². The summed E-state index contributed by atoms with van der Waals surface area (Å²) in [5.41, 5.74) is 7.69. The SMILES string of the molecule is CC1(C)CCC2(C[C@@H](N)c3cc(Cl)ccc3O2)C1. The van der Waals surface area contributed by atoms with Gasteiger partial charge >= 0.3 is 0 Å². The summed E-state index contributed by atoms with van der Waals surface area (Å²) in [5, 5.41) is 0.732. The van der Waals surface area contributed by atoms with Crippen molar-refractivity contribution in [2.75, 3.05) is 0 Å². The molecular formula is C15H20ClNO. The maximum atomic E-state index is 6.32. The highest BCUT2D eigenvalue weighted by Gasteiger charge is 2.48. The molecule has 0 bridgehead atoms. The molecule has 18 heavy (non-hydrogen) atoms.